The molecule has 1 atom stereocenters. The van der Waals surface area contributed by atoms with Crippen molar-refractivity contribution in [3.8, 4) is 0 Å². The molecule has 0 aliphatic carbocycles. The Morgan fingerprint density at radius 1 is 1.24 bits per heavy atom. The third-order valence-corrected chi connectivity index (χ3v) is 5.14. The first-order valence-corrected chi connectivity index (χ1v) is 7.64. The predicted molar refractivity (Wildman–Crippen MR) is 84.4 cm³/mol. The molecule has 17 heavy (non-hydrogen) atoms. The molecule has 0 spiro atoms. The molecule has 2 heteroatoms. The monoisotopic (exact) mass is 345 g/mol. The minimum atomic E-state index is 0.492. The van der Waals surface area contributed by atoms with Gasteiger partial charge in [-0.3, -0.25) is 0 Å². The van der Waals surface area contributed by atoms with Crippen LogP contribution in [-0.2, 0) is 0 Å². The Bertz CT molecular complexity index is 345. The van der Waals surface area contributed by atoms with Crippen molar-refractivity contribution in [3.05, 3.63) is 32.9 Å². The van der Waals surface area contributed by atoms with Crippen molar-refractivity contribution in [1.82, 2.24) is 5.32 Å². The summed E-state index contributed by atoms with van der Waals surface area (Å²) in [4.78, 5) is 0. The molecule has 1 nitrogen and oxygen atoms in total. The molecule has 1 N–H and O–H groups in total. The van der Waals surface area contributed by atoms with E-state index in [-0.39, 0.29) is 0 Å². The molecule has 0 radical (unpaired) electrons. The highest BCUT2D eigenvalue weighted by Crippen LogP contribution is 2.29. The van der Waals surface area contributed by atoms with Gasteiger partial charge in [0.25, 0.3) is 0 Å². The summed E-state index contributed by atoms with van der Waals surface area (Å²) in [6.07, 6.45) is 3.79. The molecule has 1 unspecified atom stereocenters. The fourth-order valence-corrected chi connectivity index (χ4v) is 3.03. The molecule has 0 saturated heterocycles. The van der Waals surface area contributed by atoms with Crippen LogP contribution < -0.4 is 5.32 Å². The predicted octanol–water partition coefficient (Wildman–Crippen LogP) is 4.69. The van der Waals surface area contributed by atoms with Crippen LogP contribution in [0.4, 0.5) is 0 Å². The molecule has 0 aliphatic heterocycles. The van der Waals surface area contributed by atoms with Gasteiger partial charge in [-0.2, -0.15) is 0 Å². The van der Waals surface area contributed by atoms with Gasteiger partial charge in [0.05, 0.1) is 0 Å². The van der Waals surface area contributed by atoms with Gasteiger partial charge in [0.1, 0.15) is 0 Å². The minimum absolute atomic E-state index is 0.492. The Balaban J connectivity index is 2.89. The van der Waals surface area contributed by atoms with Crippen LogP contribution in [-0.4, -0.2) is 7.05 Å². The van der Waals surface area contributed by atoms with E-state index in [1.54, 1.807) is 0 Å². The molecule has 0 saturated carbocycles. The van der Waals surface area contributed by atoms with Crippen LogP contribution in [0.25, 0.3) is 0 Å². The van der Waals surface area contributed by atoms with Gasteiger partial charge < -0.3 is 5.32 Å². The molecule has 1 rings (SSSR count). The summed E-state index contributed by atoms with van der Waals surface area (Å²) in [5.74, 6) is 0.823. The topological polar surface area (TPSA) is 12.0 Å². The molecule has 0 heterocycles. The SMILES string of the molecule is CCC(CC)CC(NC)c1cccc(C)c1I. The van der Waals surface area contributed by atoms with E-state index in [2.05, 4.69) is 73.9 Å². The molecule has 0 aromatic heterocycles. The highest BCUT2D eigenvalue weighted by Gasteiger charge is 2.17. The Kier molecular flexibility index (Phi) is 6.49. The third-order valence-electron chi connectivity index (χ3n) is 3.67. The lowest BCUT2D eigenvalue weighted by Gasteiger charge is -2.23. The van der Waals surface area contributed by atoms with Gasteiger partial charge in [-0.25, -0.2) is 0 Å². The summed E-state index contributed by atoms with van der Waals surface area (Å²) in [5.41, 5.74) is 2.84. The van der Waals surface area contributed by atoms with Crippen molar-refractivity contribution in [1.29, 1.82) is 0 Å². The van der Waals surface area contributed by atoms with Crippen LogP contribution in [0, 0.1) is 16.4 Å². The van der Waals surface area contributed by atoms with Gasteiger partial charge in [0.2, 0.25) is 0 Å². The Labute approximate surface area is 120 Å². The van der Waals surface area contributed by atoms with Crippen molar-refractivity contribution < 1.29 is 0 Å². The normalized spacial score (nSPS) is 13.1. The molecule has 0 fully saturated rings. The largest absolute Gasteiger partial charge is 0.313 e. The van der Waals surface area contributed by atoms with Crippen molar-refractivity contribution in [2.75, 3.05) is 7.05 Å². The van der Waals surface area contributed by atoms with E-state index < -0.39 is 0 Å². The molecule has 1 aromatic rings. The zero-order valence-electron chi connectivity index (χ0n) is 11.4. The van der Waals surface area contributed by atoms with Gasteiger partial charge in [-0.05, 0) is 60.0 Å². The number of halogens is 1. The maximum absolute atomic E-state index is 3.48. The van der Waals surface area contributed by atoms with Crippen LogP contribution in [0.1, 0.15) is 50.3 Å². The summed E-state index contributed by atoms with van der Waals surface area (Å²) >= 11 is 2.47. The number of nitrogens with one attached hydrogen (secondary N) is 1. The summed E-state index contributed by atoms with van der Waals surface area (Å²) < 4.78 is 1.41. The van der Waals surface area contributed by atoms with Crippen molar-refractivity contribution in [2.24, 2.45) is 5.92 Å². The number of aryl methyl sites for hydroxylation is 1. The quantitative estimate of drug-likeness (QED) is 0.738. The van der Waals surface area contributed by atoms with E-state index in [0.717, 1.165) is 5.92 Å². The smallest absolute Gasteiger partial charge is 0.0330 e. The summed E-state index contributed by atoms with van der Waals surface area (Å²) in [5, 5.41) is 3.48. The maximum atomic E-state index is 3.48. The fraction of sp³-hybridized carbons (Fsp3) is 0.600. The van der Waals surface area contributed by atoms with Crippen LogP contribution >= 0.6 is 22.6 Å². The summed E-state index contributed by atoms with van der Waals surface area (Å²) in [6.45, 7) is 6.78. The number of benzene rings is 1. The number of rotatable bonds is 6. The second kappa shape index (κ2) is 7.37. The van der Waals surface area contributed by atoms with Gasteiger partial charge in [-0.15, -0.1) is 0 Å². The molecular formula is C15H24IN. The van der Waals surface area contributed by atoms with E-state index in [9.17, 15) is 0 Å². The Morgan fingerprint density at radius 2 is 1.88 bits per heavy atom. The van der Waals surface area contributed by atoms with Gasteiger partial charge in [-0.1, -0.05) is 44.9 Å². The Hall–Kier alpha value is -0.0900. The van der Waals surface area contributed by atoms with Crippen LogP contribution in [0.3, 0.4) is 0 Å². The van der Waals surface area contributed by atoms with Crippen LogP contribution in [0.2, 0.25) is 0 Å². The highest BCUT2D eigenvalue weighted by atomic mass is 127. The number of hydrogen-bond donors (Lipinski definition) is 1. The van der Waals surface area contributed by atoms with E-state index in [1.807, 2.05) is 0 Å². The molecule has 0 amide bonds. The van der Waals surface area contributed by atoms with Gasteiger partial charge in [0, 0.05) is 9.61 Å². The van der Waals surface area contributed by atoms with Crippen molar-refractivity contribution in [3.63, 3.8) is 0 Å². The maximum Gasteiger partial charge on any atom is 0.0330 e. The van der Waals surface area contributed by atoms with Crippen LogP contribution in [0.5, 0.6) is 0 Å². The molecule has 1 aromatic carbocycles. The lowest BCUT2D eigenvalue weighted by Crippen LogP contribution is -2.20. The summed E-state index contributed by atoms with van der Waals surface area (Å²) in [6, 6.07) is 7.11. The van der Waals surface area contributed by atoms with E-state index in [0.29, 0.717) is 6.04 Å². The first kappa shape index (κ1) is 15.0. The fourth-order valence-electron chi connectivity index (χ4n) is 2.29. The lowest BCUT2D eigenvalue weighted by molar-refractivity contribution is 0.384. The average Bonchev–Trinajstić information content (AvgIpc) is 2.35. The minimum Gasteiger partial charge on any atom is -0.313 e. The molecule has 0 bridgehead atoms. The lowest BCUT2D eigenvalue weighted by atomic mass is 9.91. The van der Waals surface area contributed by atoms with Crippen LogP contribution in [0.15, 0.2) is 18.2 Å². The van der Waals surface area contributed by atoms with E-state index >= 15 is 0 Å². The first-order chi connectivity index (χ1) is 8.13. The molecule has 96 valence electrons. The average molecular weight is 345 g/mol. The van der Waals surface area contributed by atoms with Crippen molar-refractivity contribution in [2.45, 2.75) is 46.1 Å². The van der Waals surface area contributed by atoms with Gasteiger partial charge in [0.15, 0.2) is 0 Å². The zero-order valence-corrected chi connectivity index (χ0v) is 13.5. The molecule has 0 aliphatic rings. The van der Waals surface area contributed by atoms with E-state index in [4.69, 9.17) is 0 Å². The third kappa shape index (κ3) is 3.95. The second-order valence-corrected chi connectivity index (χ2v) is 5.82. The van der Waals surface area contributed by atoms with Crippen molar-refractivity contribution >= 4 is 22.6 Å². The van der Waals surface area contributed by atoms with Gasteiger partial charge >= 0.3 is 0 Å². The first-order valence-electron chi connectivity index (χ1n) is 6.56. The van der Waals surface area contributed by atoms with E-state index in [1.165, 1.54) is 34.0 Å². The molecular weight excluding hydrogens is 321 g/mol. The number of hydrogen-bond acceptors (Lipinski definition) is 1. The Morgan fingerprint density at radius 3 is 2.41 bits per heavy atom. The highest BCUT2D eigenvalue weighted by molar-refractivity contribution is 14.1. The summed E-state index contributed by atoms with van der Waals surface area (Å²) in [7, 11) is 2.07. The zero-order chi connectivity index (χ0) is 12.8. The second-order valence-electron chi connectivity index (χ2n) is 4.74. The standard InChI is InChI=1S/C15H24IN/c1-5-12(6-2)10-14(17-4)13-9-7-8-11(3)15(13)16/h7-9,12,14,17H,5-6,10H2,1-4H3.